The van der Waals surface area contributed by atoms with Crippen molar-refractivity contribution in [3.63, 3.8) is 0 Å². The molecule has 0 bridgehead atoms. The normalized spacial score (nSPS) is 12.4. The number of nitrogens with one attached hydrogen (secondary N) is 1. The lowest BCUT2D eigenvalue weighted by Gasteiger charge is -2.17. The summed E-state index contributed by atoms with van der Waals surface area (Å²) in [6.07, 6.45) is 2.13. The van der Waals surface area contributed by atoms with E-state index >= 15 is 0 Å². The Morgan fingerprint density at radius 2 is 1.89 bits per heavy atom. The van der Waals surface area contributed by atoms with E-state index in [0.29, 0.717) is 0 Å². The van der Waals surface area contributed by atoms with Gasteiger partial charge >= 0.3 is 0 Å². The molecule has 1 aromatic carbocycles. The maximum Gasteiger partial charge on any atom is 0.141 e. The molecule has 0 saturated carbocycles. The Labute approximate surface area is 113 Å². The zero-order valence-corrected chi connectivity index (χ0v) is 11.4. The van der Waals surface area contributed by atoms with Crippen LogP contribution >= 0.6 is 0 Å². The van der Waals surface area contributed by atoms with E-state index < -0.39 is 0 Å². The van der Waals surface area contributed by atoms with Crippen LogP contribution in [0, 0.1) is 12.7 Å². The standard InChI is InChI=1S/C16H19FN2/c1-3-18-16(15-9-8-14(17)11-19-15)10-13-6-4-12(2)5-7-13/h4-9,11,16,18H,3,10H2,1-2H3. The van der Waals surface area contributed by atoms with Crippen molar-refractivity contribution in [1.29, 1.82) is 0 Å². The summed E-state index contributed by atoms with van der Waals surface area (Å²) in [7, 11) is 0. The van der Waals surface area contributed by atoms with Gasteiger partial charge in [-0.05, 0) is 37.6 Å². The summed E-state index contributed by atoms with van der Waals surface area (Å²) in [5, 5.41) is 3.40. The number of pyridine rings is 1. The smallest absolute Gasteiger partial charge is 0.141 e. The number of aromatic nitrogens is 1. The van der Waals surface area contributed by atoms with Gasteiger partial charge < -0.3 is 5.32 Å². The third-order valence-corrected chi connectivity index (χ3v) is 3.12. The van der Waals surface area contributed by atoms with E-state index in [1.54, 1.807) is 6.07 Å². The molecule has 0 radical (unpaired) electrons. The Kier molecular flexibility index (Phi) is 4.63. The average Bonchev–Trinajstić information content (AvgIpc) is 2.42. The molecule has 3 heteroatoms. The quantitative estimate of drug-likeness (QED) is 0.888. The molecular formula is C16H19FN2. The molecule has 1 unspecified atom stereocenters. The van der Waals surface area contributed by atoms with Crippen molar-refractivity contribution in [3.8, 4) is 0 Å². The van der Waals surface area contributed by atoms with Gasteiger partial charge in [-0.2, -0.15) is 0 Å². The third-order valence-electron chi connectivity index (χ3n) is 3.12. The summed E-state index contributed by atoms with van der Waals surface area (Å²) in [6.45, 7) is 4.99. The van der Waals surface area contributed by atoms with Crippen LogP contribution in [0.25, 0.3) is 0 Å². The van der Waals surface area contributed by atoms with Gasteiger partial charge in [0.15, 0.2) is 0 Å². The molecule has 100 valence electrons. The number of hydrogen-bond donors (Lipinski definition) is 1. The fourth-order valence-electron chi connectivity index (χ4n) is 2.08. The summed E-state index contributed by atoms with van der Waals surface area (Å²) < 4.78 is 12.9. The minimum Gasteiger partial charge on any atom is -0.309 e. The molecule has 1 heterocycles. The first-order valence-electron chi connectivity index (χ1n) is 6.59. The molecule has 2 aromatic rings. The number of rotatable bonds is 5. The van der Waals surface area contributed by atoms with Gasteiger partial charge in [0.1, 0.15) is 5.82 Å². The number of halogens is 1. The Morgan fingerprint density at radius 3 is 2.47 bits per heavy atom. The highest BCUT2D eigenvalue weighted by molar-refractivity contribution is 5.23. The maximum absolute atomic E-state index is 12.9. The Hall–Kier alpha value is -1.74. The first-order chi connectivity index (χ1) is 9.19. The molecule has 1 N–H and O–H groups in total. The van der Waals surface area contributed by atoms with Crippen molar-refractivity contribution >= 4 is 0 Å². The Balaban J connectivity index is 2.15. The molecule has 0 spiro atoms. The molecule has 19 heavy (non-hydrogen) atoms. The molecule has 2 rings (SSSR count). The van der Waals surface area contributed by atoms with Gasteiger partial charge in [-0.15, -0.1) is 0 Å². The molecule has 0 aliphatic rings. The molecule has 1 aromatic heterocycles. The van der Waals surface area contributed by atoms with Gasteiger partial charge in [-0.1, -0.05) is 36.8 Å². The van der Waals surface area contributed by atoms with Gasteiger partial charge in [-0.3, -0.25) is 4.98 Å². The second-order valence-corrected chi connectivity index (χ2v) is 4.70. The summed E-state index contributed by atoms with van der Waals surface area (Å²) in [6, 6.07) is 11.8. The van der Waals surface area contributed by atoms with Crippen LogP contribution in [-0.4, -0.2) is 11.5 Å². The number of nitrogens with zero attached hydrogens (tertiary/aromatic N) is 1. The minimum absolute atomic E-state index is 0.119. The van der Waals surface area contributed by atoms with Gasteiger partial charge in [0.2, 0.25) is 0 Å². The second kappa shape index (κ2) is 6.43. The Morgan fingerprint density at radius 1 is 1.16 bits per heavy atom. The lowest BCUT2D eigenvalue weighted by atomic mass is 10.0. The van der Waals surface area contributed by atoms with Crippen molar-refractivity contribution in [2.24, 2.45) is 0 Å². The van der Waals surface area contributed by atoms with Crippen molar-refractivity contribution in [3.05, 3.63) is 65.2 Å². The summed E-state index contributed by atoms with van der Waals surface area (Å²) >= 11 is 0. The molecule has 2 nitrogen and oxygen atoms in total. The molecular weight excluding hydrogens is 239 g/mol. The number of likely N-dealkylation sites (N-methyl/N-ethyl adjacent to an activating group) is 1. The highest BCUT2D eigenvalue weighted by atomic mass is 19.1. The first-order valence-corrected chi connectivity index (χ1v) is 6.59. The second-order valence-electron chi connectivity index (χ2n) is 4.70. The van der Waals surface area contributed by atoms with Crippen LogP contribution in [0.15, 0.2) is 42.6 Å². The highest BCUT2D eigenvalue weighted by Gasteiger charge is 2.12. The van der Waals surface area contributed by atoms with Gasteiger partial charge in [0.25, 0.3) is 0 Å². The van der Waals surface area contributed by atoms with Crippen LogP contribution in [0.2, 0.25) is 0 Å². The van der Waals surface area contributed by atoms with Crippen LogP contribution in [-0.2, 0) is 6.42 Å². The van der Waals surface area contributed by atoms with Crippen molar-refractivity contribution in [1.82, 2.24) is 10.3 Å². The topological polar surface area (TPSA) is 24.9 Å². The monoisotopic (exact) mass is 258 g/mol. The average molecular weight is 258 g/mol. The fourth-order valence-corrected chi connectivity index (χ4v) is 2.08. The number of aryl methyl sites for hydroxylation is 1. The van der Waals surface area contributed by atoms with Gasteiger partial charge in [0, 0.05) is 0 Å². The predicted molar refractivity (Wildman–Crippen MR) is 75.5 cm³/mol. The van der Waals surface area contributed by atoms with Crippen molar-refractivity contribution in [2.45, 2.75) is 26.3 Å². The molecule has 0 saturated heterocycles. The van der Waals surface area contributed by atoms with Crippen LogP contribution in [0.4, 0.5) is 4.39 Å². The van der Waals surface area contributed by atoms with E-state index in [-0.39, 0.29) is 11.9 Å². The Bertz CT molecular complexity index is 505. The lowest BCUT2D eigenvalue weighted by Crippen LogP contribution is -2.23. The zero-order chi connectivity index (χ0) is 13.7. The SMILES string of the molecule is CCNC(Cc1ccc(C)cc1)c1ccc(F)cn1. The van der Waals surface area contributed by atoms with E-state index in [9.17, 15) is 4.39 Å². The van der Waals surface area contributed by atoms with Crippen LogP contribution in [0.5, 0.6) is 0 Å². The molecule has 1 atom stereocenters. The van der Waals surface area contributed by atoms with E-state index in [0.717, 1.165) is 18.7 Å². The number of benzene rings is 1. The van der Waals surface area contributed by atoms with E-state index in [1.807, 2.05) is 0 Å². The molecule has 0 fully saturated rings. The van der Waals surface area contributed by atoms with Gasteiger partial charge in [0.05, 0.1) is 17.9 Å². The number of hydrogen-bond acceptors (Lipinski definition) is 2. The van der Waals surface area contributed by atoms with Crippen LogP contribution < -0.4 is 5.32 Å². The third kappa shape index (κ3) is 3.86. The van der Waals surface area contributed by atoms with Crippen molar-refractivity contribution < 1.29 is 4.39 Å². The minimum atomic E-state index is -0.297. The fraction of sp³-hybridized carbons (Fsp3) is 0.312. The zero-order valence-electron chi connectivity index (χ0n) is 11.4. The van der Waals surface area contributed by atoms with E-state index in [4.69, 9.17) is 0 Å². The lowest BCUT2D eigenvalue weighted by molar-refractivity contribution is 0.532. The van der Waals surface area contributed by atoms with Crippen LogP contribution in [0.1, 0.15) is 29.8 Å². The van der Waals surface area contributed by atoms with Gasteiger partial charge in [-0.25, -0.2) is 4.39 Å². The summed E-state index contributed by atoms with van der Waals surface area (Å²) in [4.78, 5) is 4.17. The van der Waals surface area contributed by atoms with Crippen LogP contribution in [0.3, 0.4) is 0 Å². The first kappa shape index (κ1) is 13.7. The highest BCUT2D eigenvalue weighted by Crippen LogP contribution is 2.17. The summed E-state index contributed by atoms with van der Waals surface area (Å²) in [5.74, 6) is -0.297. The molecule has 0 aliphatic carbocycles. The van der Waals surface area contributed by atoms with E-state index in [2.05, 4.69) is 48.4 Å². The van der Waals surface area contributed by atoms with Crippen molar-refractivity contribution in [2.75, 3.05) is 6.54 Å². The van der Waals surface area contributed by atoms with E-state index in [1.165, 1.54) is 23.4 Å². The molecule has 0 amide bonds. The largest absolute Gasteiger partial charge is 0.309 e. The predicted octanol–water partition coefficient (Wildman–Crippen LogP) is 3.42. The summed E-state index contributed by atoms with van der Waals surface area (Å²) in [5.41, 5.74) is 3.38. The molecule has 0 aliphatic heterocycles. The maximum atomic E-state index is 12.9.